The molecule has 0 aliphatic rings. The molecule has 3 amide bonds. The van der Waals surface area contributed by atoms with Crippen LogP contribution in [0.15, 0.2) is 41.0 Å². The molecule has 2 N–H and O–H groups in total. The van der Waals surface area contributed by atoms with E-state index in [0.29, 0.717) is 0 Å². The summed E-state index contributed by atoms with van der Waals surface area (Å²) >= 11 is 2.84. The van der Waals surface area contributed by atoms with Crippen molar-refractivity contribution in [3.05, 3.63) is 41.5 Å². The van der Waals surface area contributed by atoms with Gasteiger partial charge in [-0.3, -0.25) is 10.1 Å². The van der Waals surface area contributed by atoms with E-state index in [0.717, 1.165) is 26.4 Å². The van der Waals surface area contributed by atoms with Crippen molar-refractivity contribution in [2.45, 2.75) is 11.9 Å². The van der Waals surface area contributed by atoms with Gasteiger partial charge in [0.05, 0.1) is 11.1 Å². The Balaban J connectivity index is 1.88. The van der Waals surface area contributed by atoms with Gasteiger partial charge in [0.2, 0.25) is 5.91 Å². The highest BCUT2D eigenvalue weighted by atomic mass is 32.2. The largest absolute Gasteiger partial charge is 0.341 e. The molecule has 0 atom stereocenters. The van der Waals surface area contributed by atoms with Crippen molar-refractivity contribution < 1.29 is 9.59 Å². The first-order valence-corrected chi connectivity index (χ1v) is 9.38. The van der Waals surface area contributed by atoms with Gasteiger partial charge in [0.15, 0.2) is 0 Å². The number of imide groups is 1. The molecule has 0 unspecified atom stereocenters. The summed E-state index contributed by atoms with van der Waals surface area (Å²) in [7, 11) is 1.46. The Morgan fingerprint density at radius 2 is 1.96 bits per heavy atom. The lowest BCUT2D eigenvalue weighted by atomic mass is 10.1. The SMILES string of the molecule is CNC(=O)NC(=O)CSc1ncnc2scc(-c3ccc(C)cc3)c12. The second-order valence-corrected chi connectivity index (χ2v) is 7.11. The molecule has 2 aromatic heterocycles. The van der Waals surface area contributed by atoms with E-state index in [9.17, 15) is 9.59 Å². The number of carbonyl (C=O) groups is 2. The summed E-state index contributed by atoms with van der Waals surface area (Å²) in [5.41, 5.74) is 3.33. The Morgan fingerprint density at radius 3 is 2.68 bits per heavy atom. The van der Waals surface area contributed by atoms with Gasteiger partial charge in [0.25, 0.3) is 0 Å². The second kappa shape index (κ2) is 7.62. The molecule has 8 heteroatoms. The molecule has 1 aromatic carbocycles. The Morgan fingerprint density at radius 1 is 1.20 bits per heavy atom. The fourth-order valence-corrected chi connectivity index (χ4v) is 4.05. The number of rotatable bonds is 4. The van der Waals surface area contributed by atoms with Crippen molar-refractivity contribution in [2.24, 2.45) is 0 Å². The molecule has 0 radical (unpaired) electrons. The van der Waals surface area contributed by atoms with Crippen LogP contribution in [0.2, 0.25) is 0 Å². The van der Waals surface area contributed by atoms with Gasteiger partial charge < -0.3 is 5.32 Å². The zero-order valence-corrected chi connectivity index (χ0v) is 15.3. The maximum absolute atomic E-state index is 11.8. The van der Waals surface area contributed by atoms with Crippen LogP contribution in [0, 0.1) is 6.92 Å². The van der Waals surface area contributed by atoms with Crippen molar-refractivity contribution in [1.82, 2.24) is 20.6 Å². The number of carbonyl (C=O) groups excluding carboxylic acids is 2. The monoisotopic (exact) mass is 372 g/mol. The fourth-order valence-electron chi connectivity index (χ4n) is 2.26. The summed E-state index contributed by atoms with van der Waals surface area (Å²) in [6.07, 6.45) is 1.50. The van der Waals surface area contributed by atoms with Crippen molar-refractivity contribution in [3.8, 4) is 11.1 Å². The summed E-state index contributed by atoms with van der Waals surface area (Å²) in [6.45, 7) is 2.05. The van der Waals surface area contributed by atoms with Gasteiger partial charge in [-0.15, -0.1) is 11.3 Å². The first-order valence-electron chi connectivity index (χ1n) is 7.52. The summed E-state index contributed by atoms with van der Waals surface area (Å²) in [5, 5.41) is 8.32. The highest BCUT2D eigenvalue weighted by Gasteiger charge is 2.15. The molecule has 3 aromatic rings. The highest BCUT2D eigenvalue weighted by molar-refractivity contribution is 8.00. The number of hydrogen-bond donors (Lipinski definition) is 2. The van der Waals surface area contributed by atoms with E-state index in [4.69, 9.17) is 0 Å². The van der Waals surface area contributed by atoms with Gasteiger partial charge in [-0.2, -0.15) is 0 Å². The topological polar surface area (TPSA) is 84.0 Å². The number of aryl methyl sites for hydroxylation is 1. The molecular weight excluding hydrogens is 356 g/mol. The summed E-state index contributed by atoms with van der Waals surface area (Å²) in [4.78, 5) is 32.5. The molecule has 0 aliphatic carbocycles. The lowest BCUT2D eigenvalue weighted by Gasteiger charge is -2.06. The molecule has 0 bridgehead atoms. The highest BCUT2D eigenvalue weighted by Crippen LogP contribution is 2.37. The van der Waals surface area contributed by atoms with Crippen molar-refractivity contribution in [2.75, 3.05) is 12.8 Å². The van der Waals surface area contributed by atoms with E-state index in [-0.39, 0.29) is 11.7 Å². The number of thiophene rings is 1. The quantitative estimate of drug-likeness (QED) is 0.543. The van der Waals surface area contributed by atoms with Crippen LogP contribution in [0.25, 0.3) is 21.3 Å². The zero-order chi connectivity index (χ0) is 17.8. The van der Waals surface area contributed by atoms with Crippen LogP contribution in [-0.2, 0) is 4.79 Å². The maximum atomic E-state index is 11.8. The van der Waals surface area contributed by atoms with E-state index in [1.54, 1.807) is 11.3 Å². The van der Waals surface area contributed by atoms with E-state index in [1.807, 2.05) is 6.92 Å². The molecule has 128 valence electrons. The number of thioether (sulfide) groups is 1. The minimum atomic E-state index is -0.519. The summed E-state index contributed by atoms with van der Waals surface area (Å²) in [5.74, 6) is -0.272. The minimum absolute atomic E-state index is 0.0999. The molecule has 0 spiro atoms. The molecule has 6 nitrogen and oxygen atoms in total. The third kappa shape index (κ3) is 3.97. The standard InChI is InChI=1S/C17H16N4O2S2/c1-10-3-5-11(6-4-10)12-7-24-15-14(12)16(20-9-19-15)25-8-13(22)21-17(23)18-2/h3-7,9H,8H2,1-2H3,(H2,18,21,22,23). The number of hydrogen-bond acceptors (Lipinski definition) is 6. The van der Waals surface area contributed by atoms with Crippen molar-refractivity contribution >= 4 is 45.3 Å². The number of amides is 3. The Bertz CT molecular complexity index is 922. The molecule has 0 aliphatic heterocycles. The van der Waals surface area contributed by atoms with E-state index in [1.165, 1.54) is 30.7 Å². The summed E-state index contributed by atoms with van der Waals surface area (Å²) < 4.78 is 0. The first kappa shape index (κ1) is 17.4. The maximum Gasteiger partial charge on any atom is 0.321 e. The number of nitrogens with one attached hydrogen (secondary N) is 2. The van der Waals surface area contributed by atoms with Crippen LogP contribution < -0.4 is 10.6 Å². The normalized spacial score (nSPS) is 10.6. The Hall–Kier alpha value is -2.45. The molecule has 0 saturated carbocycles. The van der Waals surface area contributed by atoms with Crippen LogP contribution in [-0.4, -0.2) is 34.7 Å². The number of fused-ring (bicyclic) bond motifs is 1. The molecule has 25 heavy (non-hydrogen) atoms. The van der Waals surface area contributed by atoms with Crippen molar-refractivity contribution in [3.63, 3.8) is 0 Å². The van der Waals surface area contributed by atoms with Gasteiger partial charge in [0.1, 0.15) is 16.2 Å². The van der Waals surface area contributed by atoms with Gasteiger partial charge in [-0.05, 0) is 12.5 Å². The molecular formula is C17H16N4O2S2. The number of aromatic nitrogens is 2. The number of urea groups is 1. The number of nitrogens with zero attached hydrogens (tertiary/aromatic N) is 2. The van der Waals surface area contributed by atoms with E-state index >= 15 is 0 Å². The Labute approximate surface area is 153 Å². The van der Waals surface area contributed by atoms with Crippen LogP contribution in [0.4, 0.5) is 4.79 Å². The molecule has 0 fully saturated rings. The van der Waals surface area contributed by atoms with Crippen LogP contribution in [0.1, 0.15) is 5.56 Å². The van der Waals surface area contributed by atoms with Crippen molar-refractivity contribution in [1.29, 1.82) is 0 Å². The predicted octanol–water partition coefficient (Wildman–Crippen LogP) is 3.21. The van der Waals surface area contributed by atoms with Crippen LogP contribution >= 0.6 is 23.1 Å². The zero-order valence-electron chi connectivity index (χ0n) is 13.7. The smallest absolute Gasteiger partial charge is 0.321 e. The average Bonchev–Trinajstić information content (AvgIpc) is 3.05. The average molecular weight is 372 g/mol. The fraction of sp³-hybridized carbons (Fsp3) is 0.176. The lowest BCUT2D eigenvalue weighted by molar-refractivity contribution is -0.117. The third-order valence-corrected chi connectivity index (χ3v) is 5.39. The molecule has 0 saturated heterocycles. The van der Waals surface area contributed by atoms with E-state index in [2.05, 4.69) is 50.2 Å². The van der Waals surface area contributed by atoms with Gasteiger partial charge >= 0.3 is 6.03 Å². The first-order chi connectivity index (χ1) is 12.1. The summed E-state index contributed by atoms with van der Waals surface area (Å²) in [6, 6.07) is 7.74. The van der Waals surface area contributed by atoms with E-state index < -0.39 is 6.03 Å². The molecule has 3 rings (SSSR count). The van der Waals surface area contributed by atoms with Crippen LogP contribution in [0.5, 0.6) is 0 Å². The number of benzene rings is 1. The van der Waals surface area contributed by atoms with Crippen LogP contribution in [0.3, 0.4) is 0 Å². The third-order valence-electron chi connectivity index (χ3n) is 3.52. The second-order valence-electron chi connectivity index (χ2n) is 5.29. The lowest BCUT2D eigenvalue weighted by Crippen LogP contribution is -2.38. The van der Waals surface area contributed by atoms with Gasteiger partial charge in [0, 0.05) is 18.0 Å². The Kier molecular flexibility index (Phi) is 5.30. The molecule has 2 heterocycles. The van der Waals surface area contributed by atoms with Gasteiger partial charge in [-0.1, -0.05) is 41.6 Å². The van der Waals surface area contributed by atoms with Gasteiger partial charge in [-0.25, -0.2) is 14.8 Å². The predicted molar refractivity (Wildman–Crippen MR) is 101 cm³/mol. The minimum Gasteiger partial charge on any atom is -0.341 e.